The Morgan fingerprint density at radius 1 is 0.971 bits per heavy atom. The van der Waals surface area contributed by atoms with E-state index in [4.69, 9.17) is 17.3 Å². The molecule has 5 aromatic rings. The summed E-state index contributed by atoms with van der Waals surface area (Å²) in [5.41, 5.74) is 8.44. The monoisotopic (exact) mass is 472 g/mol. The number of amides is 1. The van der Waals surface area contributed by atoms with E-state index < -0.39 is 5.82 Å². The number of aromatic nitrogens is 3. The summed E-state index contributed by atoms with van der Waals surface area (Å²) in [7, 11) is 0. The van der Waals surface area contributed by atoms with Crippen molar-refractivity contribution in [2.75, 3.05) is 16.4 Å². The minimum atomic E-state index is -0.569. The van der Waals surface area contributed by atoms with E-state index in [0.717, 1.165) is 10.9 Å². The fraction of sp³-hybridized carbons (Fsp3) is 0.0400. The summed E-state index contributed by atoms with van der Waals surface area (Å²) >= 11 is 5.91. The highest BCUT2D eigenvalue weighted by Crippen LogP contribution is 2.34. The van der Waals surface area contributed by atoms with Crippen molar-refractivity contribution in [2.45, 2.75) is 6.92 Å². The number of fused-ring (bicyclic) bond motifs is 2. The maximum atomic E-state index is 14.4. The van der Waals surface area contributed by atoms with Crippen LogP contribution in [0.3, 0.4) is 0 Å². The molecule has 2 heterocycles. The van der Waals surface area contributed by atoms with E-state index in [1.54, 1.807) is 42.6 Å². The summed E-state index contributed by atoms with van der Waals surface area (Å²) in [5.74, 6) is -0.178. The Morgan fingerprint density at radius 3 is 2.65 bits per heavy atom. The molecule has 0 saturated heterocycles. The molecule has 7 nitrogen and oxygen atoms in total. The number of aryl methyl sites for hydroxylation is 1. The number of benzene rings is 3. The van der Waals surface area contributed by atoms with E-state index in [2.05, 4.69) is 25.6 Å². The van der Waals surface area contributed by atoms with Gasteiger partial charge in [0.25, 0.3) is 5.91 Å². The van der Waals surface area contributed by atoms with E-state index in [1.165, 1.54) is 12.4 Å². The molecule has 2 aromatic heterocycles. The zero-order chi connectivity index (χ0) is 23.8. The average molecular weight is 473 g/mol. The van der Waals surface area contributed by atoms with Gasteiger partial charge in [0.2, 0.25) is 0 Å². The molecule has 0 spiro atoms. The number of rotatable bonds is 4. The smallest absolute Gasteiger partial charge is 0.257 e. The van der Waals surface area contributed by atoms with Gasteiger partial charge in [-0.15, -0.1) is 0 Å². The van der Waals surface area contributed by atoms with E-state index in [1.807, 2.05) is 19.1 Å². The van der Waals surface area contributed by atoms with Crippen LogP contribution in [0.15, 0.2) is 67.1 Å². The third-order valence-electron chi connectivity index (χ3n) is 5.54. The summed E-state index contributed by atoms with van der Waals surface area (Å²) < 4.78 is 14.4. The van der Waals surface area contributed by atoms with Crippen molar-refractivity contribution >= 4 is 62.2 Å². The Hall–Kier alpha value is -4.30. The van der Waals surface area contributed by atoms with Crippen LogP contribution in [0.1, 0.15) is 15.9 Å². The number of nitrogen functional groups attached to an aromatic ring is 1. The number of nitrogens with zero attached hydrogens (tertiary/aromatic N) is 3. The molecule has 1 amide bonds. The molecule has 0 saturated carbocycles. The summed E-state index contributed by atoms with van der Waals surface area (Å²) in [6, 6.07) is 15.4. The Bertz CT molecular complexity index is 1590. The number of halogens is 2. The largest absolute Gasteiger partial charge is 0.383 e. The predicted octanol–water partition coefficient (Wildman–Crippen LogP) is 5.86. The number of nitrogens with one attached hydrogen (secondary N) is 2. The molecule has 168 valence electrons. The first-order valence-corrected chi connectivity index (χ1v) is 10.7. The maximum Gasteiger partial charge on any atom is 0.257 e. The lowest BCUT2D eigenvalue weighted by Gasteiger charge is -2.15. The Labute approximate surface area is 198 Å². The molecule has 0 fully saturated rings. The fourth-order valence-electron chi connectivity index (χ4n) is 3.83. The highest BCUT2D eigenvalue weighted by atomic mass is 35.5. The normalized spacial score (nSPS) is 11.0. The quantitative estimate of drug-likeness (QED) is 0.302. The van der Waals surface area contributed by atoms with Crippen LogP contribution in [0.25, 0.3) is 21.7 Å². The molecule has 0 aliphatic heterocycles. The topological polar surface area (TPSA) is 106 Å². The molecule has 0 aliphatic carbocycles. The molecule has 0 radical (unpaired) electrons. The SMILES string of the molecule is Cc1ccc2c(Nc3cccc(Cl)c3F)nccc2c1NC(=O)c1cccc2c(N)ncnc12. The Kier molecular flexibility index (Phi) is 5.43. The highest BCUT2D eigenvalue weighted by molar-refractivity contribution is 6.31. The minimum Gasteiger partial charge on any atom is -0.383 e. The third kappa shape index (κ3) is 3.74. The van der Waals surface area contributed by atoms with E-state index in [0.29, 0.717) is 39.2 Å². The first-order valence-electron chi connectivity index (χ1n) is 10.3. The van der Waals surface area contributed by atoms with Crippen molar-refractivity contribution in [1.82, 2.24) is 15.0 Å². The van der Waals surface area contributed by atoms with E-state index >= 15 is 0 Å². The molecule has 34 heavy (non-hydrogen) atoms. The van der Waals surface area contributed by atoms with Gasteiger partial charge in [-0.05, 0) is 42.8 Å². The average Bonchev–Trinajstić information content (AvgIpc) is 2.84. The van der Waals surface area contributed by atoms with Gasteiger partial charge < -0.3 is 16.4 Å². The van der Waals surface area contributed by atoms with Crippen LogP contribution < -0.4 is 16.4 Å². The van der Waals surface area contributed by atoms with Gasteiger partial charge in [0.1, 0.15) is 18.0 Å². The predicted molar refractivity (Wildman–Crippen MR) is 133 cm³/mol. The summed E-state index contributed by atoms with van der Waals surface area (Å²) in [6.45, 7) is 1.89. The lowest BCUT2D eigenvalue weighted by molar-refractivity contribution is 0.102. The lowest BCUT2D eigenvalue weighted by Crippen LogP contribution is -2.14. The molecular formula is C25H18ClFN6O. The third-order valence-corrected chi connectivity index (χ3v) is 5.83. The van der Waals surface area contributed by atoms with Gasteiger partial charge in [-0.3, -0.25) is 4.79 Å². The number of anilines is 4. The van der Waals surface area contributed by atoms with Crippen LogP contribution in [0.5, 0.6) is 0 Å². The maximum absolute atomic E-state index is 14.4. The zero-order valence-corrected chi connectivity index (χ0v) is 18.7. The van der Waals surface area contributed by atoms with Crippen molar-refractivity contribution < 1.29 is 9.18 Å². The van der Waals surface area contributed by atoms with Crippen molar-refractivity contribution in [3.8, 4) is 0 Å². The number of nitrogens with two attached hydrogens (primary N) is 1. The van der Waals surface area contributed by atoms with E-state index in [9.17, 15) is 9.18 Å². The highest BCUT2D eigenvalue weighted by Gasteiger charge is 2.17. The van der Waals surface area contributed by atoms with Gasteiger partial charge in [-0.2, -0.15) is 0 Å². The fourth-order valence-corrected chi connectivity index (χ4v) is 4.00. The molecule has 3 aromatic carbocycles. The number of carbonyl (C=O) groups is 1. The van der Waals surface area contributed by atoms with Gasteiger partial charge in [0, 0.05) is 22.4 Å². The molecule has 5 rings (SSSR count). The standard InChI is InChI=1S/C25H18ClFN6O/c1-13-8-9-15-14(10-11-29-24(15)32-19-7-3-6-18(26)20(19)27)21(13)33-25(34)17-5-2-4-16-22(17)30-12-31-23(16)28/h2-12H,1H3,(H,29,32)(H,33,34)(H2,28,30,31). The van der Waals surface area contributed by atoms with E-state index in [-0.39, 0.29) is 16.6 Å². The summed E-state index contributed by atoms with van der Waals surface area (Å²) in [4.78, 5) is 25.9. The van der Waals surface area contributed by atoms with Gasteiger partial charge in [0.05, 0.1) is 27.5 Å². The number of carbonyl (C=O) groups excluding carboxylic acids is 1. The van der Waals surface area contributed by atoms with Crippen LogP contribution >= 0.6 is 11.6 Å². The van der Waals surface area contributed by atoms with Crippen LogP contribution in [0, 0.1) is 12.7 Å². The second kappa shape index (κ2) is 8.57. The molecule has 0 atom stereocenters. The second-order valence-electron chi connectivity index (χ2n) is 7.65. The van der Waals surface area contributed by atoms with Gasteiger partial charge in [0.15, 0.2) is 5.82 Å². The number of hydrogen-bond acceptors (Lipinski definition) is 6. The minimum absolute atomic E-state index is 0.00793. The molecular weight excluding hydrogens is 455 g/mol. The van der Waals surface area contributed by atoms with Gasteiger partial charge >= 0.3 is 0 Å². The number of hydrogen-bond donors (Lipinski definition) is 3. The molecule has 0 aliphatic rings. The zero-order valence-electron chi connectivity index (χ0n) is 17.9. The van der Waals surface area contributed by atoms with Crippen molar-refractivity contribution in [2.24, 2.45) is 0 Å². The lowest BCUT2D eigenvalue weighted by atomic mass is 10.0. The molecule has 0 bridgehead atoms. The van der Waals surface area contributed by atoms with Crippen LogP contribution in [0.2, 0.25) is 5.02 Å². The van der Waals surface area contributed by atoms with Gasteiger partial charge in [-0.1, -0.05) is 35.9 Å². The Balaban J connectivity index is 1.57. The van der Waals surface area contributed by atoms with Crippen LogP contribution in [-0.4, -0.2) is 20.9 Å². The van der Waals surface area contributed by atoms with Crippen LogP contribution in [0.4, 0.5) is 27.4 Å². The van der Waals surface area contributed by atoms with Crippen LogP contribution in [-0.2, 0) is 0 Å². The molecule has 0 unspecified atom stereocenters. The summed E-state index contributed by atoms with van der Waals surface area (Å²) in [5, 5.41) is 8.05. The second-order valence-corrected chi connectivity index (χ2v) is 8.06. The molecule has 9 heteroatoms. The molecule has 4 N–H and O–H groups in total. The van der Waals surface area contributed by atoms with Crippen molar-refractivity contribution in [3.05, 3.63) is 89.1 Å². The van der Waals surface area contributed by atoms with Crippen molar-refractivity contribution in [3.63, 3.8) is 0 Å². The number of para-hydroxylation sites is 1. The first-order chi connectivity index (χ1) is 16.4. The number of pyridine rings is 1. The summed E-state index contributed by atoms with van der Waals surface area (Å²) in [6.07, 6.45) is 2.92. The van der Waals surface area contributed by atoms with Gasteiger partial charge in [-0.25, -0.2) is 19.3 Å². The first kappa shape index (κ1) is 21.5. The van der Waals surface area contributed by atoms with Crippen molar-refractivity contribution in [1.29, 1.82) is 0 Å². The Morgan fingerprint density at radius 2 is 1.79 bits per heavy atom.